The summed E-state index contributed by atoms with van der Waals surface area (Å²) in [6, 6.07) is 0.976. The highest BCUT2D eigenvalue weighted by molar-refractivity contribution is 6.04. The van der Waals surface area contributed by atoms with Gasteiger partial charge in [-0.1, -0.05) is 6.92 Å². The van der Waals surface area contributed by atoms with E-state index in [1.807, 2.05) is 0 Å². The molecule has 0 fully saturated rings. The zero-order chi connectivity index (χ0) is 16.0. The minimum absolute atomic E-state index is 0.0493. The Morgan fingerprint density at radius 1 is 1.43 bits per heavy atom. The predicted molar refractivity (Wildman–Crippen MR) is 73.4 cm³/mol. The van der Waals surface area contributed by atoms with E-state index in [2.05, 4.69) is 10.3 Å². The minimum Gasteiger partial charge on any atom is -0.479 e. The number of carboxylic acids is 1. The Kier molecular flexibility index (Phi) is 5.65. The predicted octanol–water partition coefficient (Wildman–Crippen LogP) is 0.188. The highest BCUT2D eigenvalue weighted by Crippen LogP contribution is 2.03. The molecule has 0 saturated heterocycles. The Balaban J connectivity index is 2.78. The molecule has 2 unspecified atom stereocenters. The Labute approximate surface area is 121 Å². The van der Waals surface area contributed by atoms with Crippen molar-refractivity contribution in [2.75, 3.05) is 5.73 Å². The number of ether oxygens (including phenoxy) is 1. The monoisotopic (exact) mass is 295 g/mol. The molecule has 0 radical (unpaired) electrons. The molecule has 0 bridgehead atoms. The summed E-state index contributed by atoms with van der Waals surface area (Å²) in [5, 5.41) is 11.1. The number of aliphatic carboxylic acids is 1. The van der Waals surface area contributed by atoms with E-state index in [1.165, 1.54) is 18.3 Å². The molecule has 0 saturated carbocycles. The van der Waals surface area contributed by atoms with E-state index >= 15 is 0 Å². The van der Waals surface area contributed by atoms with E-state index in [9.17, 15) is 14.4 Å². The number of nitrogen functional groups attached to an aromatic ring is 1. The van der Waals surface area contributed by atoms with Gasteiger partial charge in [-0.25, -0.2) is 14.6 Å². The second kappa shape index (κ2) is 7.22. The van der Waals surface area contributed by atoms with E-state index in [0.29, 0.717) is 12.1 Å². The molecule has 2 atom stereocenters. The highest BCUT2D eigenvalue weighted by Gasteiger charge is 2.31. The topological polar surface area (TPSA) is 132 Å². The van der Waals surface area contributed by atoms with Gasteiger partial charge in [-0.05, 0) is 25.5 Å². The summed E-state index contributed by atoms with van der Waals surface area (Å²) in [6.07, 6.45) is 1.35. The van der Waals surface area contributed by atoms with Crippen molar-refractivity contribution in [1.29, 1.82) is 0 Å². The number of anilines is 1. The van der Waals surface area contributed by atoms with Gasteiger partial charge in [-0.3, -0.25) is 4.79 Å². The number of carbonyl (C=O) groups is 3. The lowest BCUT2D eigenvalue weighted by Crippen LogP contribution is -2.48. The fourth-order valence-corrected chi connectivity index (χ4v) is 1.32. The van der Waals surface area contributed by atoms with Crippen LogP contribution in [0.5, 0.6) is 0 Å². The van der Waals surface area contributed by atoms with Crippen molar-refractivity contribution in [2.24, 2.45) is 0 Å². The SMILES string of the molecule is CCC(C)OC(=O)C(NC(=O)c1ccc(N)cn1)C(=O)O. The maximum absolute atomic E-state index is 11.8. The standard InChI is InChI=1S/C13H17N3O5/c1-3-7(2)21-13(20)10(12(18)19)16-11(17)9-5-4-8(14)6-15-9/h4-7,10H,3,14H2,1-2H3,(H,16,17)(H,18,19). The number of carboxylic acid groups (broad SMARTS) is 1. The van der Waals surface area contributed by atoms with Crippen LogP contribution in [0.25, 0.3) is 0 Å². The van der Waals surface area contributed by atoms with Gasteiger partial charge in [-0.2, -0.15) is 0 Å². The number of hydrogen-bond donors (Lipinski definition) is 3. The maximum atomic E-state index is 11.8. The van der Waals surface area contributed by atoms with Crippen molar-refractivity contribution in [3.63, 3.8) is 0 Å². The van der Waals surface area contributed by atoms with Crippen LogP contribution in [-0.4, -0.2) is 40.1 Å². The van der Waals surface area contributed by atoms with Crippen LogP contribution in [0.2, 0.25) is 0 Å². The quantitative estimate of drug-likeness (QED) is 0.504. The van der Waals surface area contributed by atoms with Crippen molar-refractivity contribution < 1.29 is 24.2 Å². The third-order valence-corrected chi connectivity index (χ3v) is 2.67. The van der Waals surface area contributed by atoms with Crippen molar-refractivity contribution in [3.05, 3.63) is 24.0 Å². The van der Waals surface area contributed by atoms with Gasteiger partial charge in [0.2, 0.25) is 6.04 Å². The molecule has 8 nitrogen and oxygen atoms in total. The summed E-state index contributed by atoms with van der Waals surface area (Å²) in [5.41, 5.74) is 5.74. The molecular formula is C13H17N3O5. The molecule has 0 aliphatic rings. The molecule has 1 aromatic rings. The van der Waals surface area contributed by atoms with Gasteiger partial charge in [0.05, 0.1) is 18.0 Å². The van der Waals surface area contributed by atoms with E-state index in [0.717, 1.165) is 0 Å². The molecule has 8 heteroatoms. The zero-order valence-electron chi connectivity index (χ0n) is 11.7. The summed E-state index contributed by atoms with van der Waals surface area (Å²) in [6.45, 7) is 3.41. The molecule has 1 aromatic heterocycles. The smallest absolute Gasteiger partial charge is 0.340 e. The number of amides is 1. The summed E-state index contributed by atoms with van der Waals surface area (Å²) in [5.74, 6) is -3.34. The van der Waals surface area contributed by atoms with Crippen LogP contribution in [0.3, 0.4) is 0 Å². The fourth-order valence-electron chi connectivity index (χ4n) is 1.32. The zero-order valence-corrected chi connectivity index (χ0v) is 11.7. The number of nitrogens with zero attached hydrogens (tertiary/aromatic N) is 1. The maximum Gasteiger partial charge on any atom is 0.340 e. The van der Waals surface area contributed by atoms with E-state index in [-0.39, 0.29) is 5.69 Å². The van der Waals surface area contributed by atoms with Gasteiger partial charge >= 0.3 is 11.9 Å². The molecule has 1 amide bonds. The third kappa shape index (κ3) is 4.75. The van der Waals surface area contributed by atoms with Crippen LogP contribution in [0.1, 0.15) is 30.8 Å². The number of esters is 1. The molecule has 0 aromatic carbocycles. The van der Waals surface area contributed by atoms with Crippen molar-refractivity contribution in [1.82, 2.24) is 10.3 Å². The number of pyridine rings is 1. The number of nitrogens with two attached hydrogens (primary N) is 1. The van der Waals surface area contributed by atoms with E-state index in [4.69, 9.17) is 15.6 Å². The van der Waals surface area contributed by atoms with Crippen LogP contribution in [0.4, 0.5) is 5.69 Å². The van der Waals surface area contributed by atoms with Gasteiger partial charge < -0.3 is 20.9 Å². The third-order valence-electron chi connectivity index (χ3n) is 2.67. The van der Waals surface area contributed by atoms with Crippen molar-refractivity contribution >= 4 is 23.5 Å². The second-order valence-corrected chi connectivity index (χ2v) is 4.38. The average molecular weight is 295 g/mol. The molecule has 0 aliphatic carbocycles. The van der Waals surface area contributed by atoms with Gasteiger partial charge in [-0.15, -0.1) is 0 Å². The molecule has 21 heavy (non-hydrogen) atoms. The fraction of sp³-hybridized carbons (Fsp3) is 0.385. The Morgan fingerprint density at radius 2 is 2.10 bits per heavy atom. The highest BCUT2D eigenvalue weighted by atomic mass is 16.5. The van der Waals surface area contributed by atoms with Gasteiger partial charge in [0.15, 0.2) is 0 Å². The summed E-state index contributed by atoms with van der Waals surface area (Å²) >= 11 is 0. The Morgan fingerprint density at radius 3 is 2.57 bits per heavy atom. The summed E-state index contributed by atoms with van der Waals surface area (Å²) in [4.78, 5) is 38.4. The van der Waals surface area contributed by atoms with Crippen LogP contribution in [-0.2, 0) is 14.3 Å². The summed E-state index contributed by atoms with van der Waals surface area (Å²) in [7, 11) is 0. The van der Waals surface area contributed by atoms with Gasteiger partial charge in [0, 0.05) is 0 Å². The van der Waals surface area contributed by atoms with Gasteiger partial charge in [0.25, 0.3) is 5.91 Å². The molecule has 0 spiro atoms. The van der Waals surface area contributed by atoms with Crippen LogP contribution >= 0.6 is 0 Å². The van der Waals surface area contributed by atoms with E-state index in [1.54, 1.807) is 13.8 Å². The molecule has 1 heterocycles. The molecular weight excluding hydrogens is 278 g/mol. The first kappa shape index (κ1) is 16.4. The lowest BCUT2D eigenvalue weighted by Gasteiger charge is -2.16. The van der Waals surface area contributed by atoms with Gasteiger partial charge in [0.1, 0.15) is 5.69 Å². The number of nitrogens with one attached hydrogen (secondary N) is 1. The first-order valence-electron chi connectivity index (χ1n) is 6.30. The largest absolute Gasteiger partial charge is 0.479 e. The van der Waals surface area contributed by atoms with Crippen LogP contribution in [0, 0.1) is 0 Å². The lowest BCUT2D eigenvalue weighted by molar-refractivity contribution is -0.158. The number of rotatable bonds is 6. The molecule has 1 rings (SSSR count). The first-order chi connectivity index (χ1) is 9.85. The molecule has 114 valence electrons. The first-order valence-corrected chi connectivity index (χ1v) is 6.30. The van der Waals surface area contributed by atoms with Crippen molar-refractivity contribution in [3.8, 4) is 0 Å². The second-order valence-electron chi connectivity index (χ2n) is 4.38. The molecule has 0 aliphatic heterocycles. The minimum atomic E-state index is -1.79. The Hall–Kier alpha value is -2.64. The Bertz CT molecular complexity index is 529. The van der Waals surface area contributed by atoms with Crippen molar-refractivity contribution in [2.45, 2.75) is 32.4 Å². The summed E-state index contributed by atoms with van der Waals surface area (Å²) < 4.78 is 4.90. The average Bonchev–Trinajstić information content (AvgIpc) is 2.44. The van der Waals surface area contributed by atoms with Crippen LogP contribution in [0.15, 0.2) is 18.3 Å². The lowest BCUT2D eigenvalue weighted by atomic mass is 10.2. The number of hydrogen-bond acceptors (Lipinski definition) is 6. The normalized spacial score (nSPS) is 13.0. The number of aromatic nitrogens is 1. The van der Waals surface area contributed by atoms with Crippen LogP contribution < -0.4 is 11.1 Å². The number of carbonyl (C=O) groups excluding carboxylic acids is 2. The van der Waals surface area contributed by atoms with E-state index < -0.39 is 30.0 Å². The molecule has 4 N–H and O–H groups in total.